The van der Waals surface area contributed by atoms with E-state index in [1.165, 1.54) is 4.90 Å². The van der Waals surface area contributed by atoms with E-state index < -0.39 is 41.1 Å². The lowest BCUT2D eigenvalue weighted by atomic mass is 9.73. The number of rotatable bonds is 6. The molecule has 2 amide bonds. The van der Waals surface area contributed by atoms with E-state index in [1.807, 2.05) is 25.2 Å². The van der Waals surface area contributed by atoms with Gasteiger partial charge in [-0.2, -0.15) is 0 Å². The number of hydrogen-bond acceptors (Lipinski definition) is 6. The van der Waals surface area contributed by atoms with Gasteiger partial charge in [-0.15, -0.1) is 0 Å². The molecule has 6 atom stereocenters. The molecule has 4 heterocycles. The molecule has 0 aromatic carbocycles. The lowest BCUT2D eigenvalue weighted by molar-refractivity contribution is -0.161. The van der Waals surface area contributed by atoms with Gasteiger partial charge in [0.2, 0.25) is 11.8 Å². The SMILES string of the molecule is CCCCN1CC=C[C@]23O[C@]4(CC)C=CCOC(=O)[C@@H]4[C@H]2C(=O)N([C@H](C)CO)C3C1=O. The predicted octanol–water partition coefficient (Wildman–Crippen LogP) is 1.04. The third-order valence-corrected chi connectivity index (χ3v) is 7.24. The molecule has 4 aliphatic heterocycles. The molecule has 4 rings (SSSR count). The van der Waals surface area contributed by atoms with E-state index in [4.69, 9.17) is 9.47 Å². The highest BCUT2D eigenvalue weighted by Gasteiger charge is 2.75. The highest BCUT2D eigenvalue weighted by molar-refractivity contribution is 5.99. The molecule has 0 aliphatic carbocycles. The standard InChI is InChI=1S/C23H32N2O6/c1-4-6-11-24-12-7-10-23-16(19(27)25(15(3)14-26)18(23)20(24)28)17-21(29)30-13-8-9-22(17,5-2)31-23/h7-10,15-18,26H,4-6,11-14H2,1-3H3/t15-,16+,17+,18?,22-,23+/m1/s1. The highest BCUT2D eigenvalue weighted by Crippen LogP contribution is 2.58. The van der Waals surface area contributed by atoms with E-state index in [-0.39, 0.29) is 25.0 Å². The van der Waals surface area contributed by atoms with Gasteiger partial charge in [0.15, 0.2) is 0 Å². The van der Waals surface area contributed by atoms with Crippen molar-refractivity contribution in [1.82, 2.24) is 9.80 Å². The van der Waals surface area contributed by atoms with Gasteiger partial charge in [0.1, 0.15) is 29.8 Å². The van der Waals surface area contributed by atoms with Crippen molar-refractivity contribution in [3.63, 3.8) is 0 Å². The van der Waals surface area contributed by atoms with Crippen LogP contribution in [-0.4, -0.2) is 82.3 Å². The van der Waals surface area contributed by atoms with E-state index >= 15 is 0 Å². The Morgan fingerprint density at radius 1 is 1.16 bits per heavy atom. The molecule has 4 aliphatic rings. The number of likely N-dealkylation sites (tertiary alicyclic amines) is 1. The number of unbranched alkanes of at least 4 members (excludes halogenated alkanes) is 1. The maximum Gasteiger partial charge on any atom is 0.313 e. The second-order valence-electron chi connectivity index (χ2n) is 8.97. The molecule has 0 saturated carbocycles. The fraction of sp³-hybridized carbons (Fsp3) is 0.696. The quantitative estimate of drug-likeness (QED) is 0.498. The molecule has 1 unspecified atom stereocenters. The van der Waals surface area contributed by atoms with Crippen molar-refractivity contribution in [1.29, 1.82) is 0 Å². The summed E-state index contributed by atoms with van der Waals surface area (Å²) >= 11 is 0. The topological polar surface area (TPSA) is 96.4 Å². The van der Waals surface area contributed by atoms with Crippen LogP contribution in [0.1, 0.15) is 40.0 Å². The van der Waals surface area contributed by atoms with E-state index in [0.29, 0.717) is 19.5 Å². The van der Waals surface area contributed by atoms with Crippen LogP contribution in [0.15, 0.2) is 24.3 Å². The van der Waals surface area contributed by atoms with Crippen molar-refractivity contribution in [3.8, 4) is 0 Å². The number of fused-ring (bicyclic) bond motifs is 2. The average Bonchev–Trinajstić information content (AvgIpc) is 3.05. The van der Waals surface area contributed by atoms with E-state index in [2.05, 4.69) is 6.92 Å². The average molecular weight is 433 g/mol. The maximum absolute atomic E-state index is 13.8. The smallest absolute Gasteiger partial charge is 0.313 e. The number of carbonyl (C=O) groups is 3. The Kier molecular flexibility index (Phi) is 5.72. The summed E-state index contributed by atoms with van der Waals surface area (Å²) in [6.07, 6.45) is 9.55. The lowest BCUT2D eigenvalue weighted by Gasteiger charge is -2.39. The summed E-state index contributed by atoms with van der Waals surface area (Å²) in [4.78, 5) is 43.8. The molecule has 1 spiro atoms. The van der Waals surface area contributed by atoms with Crippen LogP contribution in [0.25, 0.3) is 0 Å². The highest BCUT2D eigenvalue weighted by atomic mass is 16.6. The Morgan fingerprint density at radius 3 is 2.61 bits per heavy atom. The number of hydrogen-bond donors (Lipinski definition) is 1. The van der Waals surface area contributed by atoms with Gasteiger partial charge in [-0.25, -0.2) is 0 Å². The predicted molar refractivity (Wildman–Crippen MR) is 112 cm³/mol. The van der Waals surface area contributed by atoms with Crippen LogP contribution in [0, 0.1) is 11.8 Å². The summed E-state index contributed by atoms with van der Waals surface area (Å²) in [5, 5.41) is 9.87. The zero-order chi connectivity index (χ0) is 22.4. The number of aliphatic hydroxyl groups excluding tert-OH is 1. The number of esters is 1. The molecule has 2 fully saturated rings. The van der Waals surface area contributed by atoms with Crippen LogP contribution in [0.2, 0.25) is 0 Å². The number of carbonyl (C=O) groups excluding carboxylic acids is 3. The van der Waals surface area contributed by atoms with Gasteiger partial charge in [-0.05, 0) is 25.8 Å². The largest absolute Gasteiger partial charge is 0.461 e. The van der Waals surface area contributed by atoms with Crippen molar-refractivity contribution in [2.75, 3.05) is 26.3 Å². The summed E-state index contributed by atoms with van der Waals surface area (Å²) in [5.41, 5.74) is -2.29. The van der Waals surface area contributed by atoms with Crippen LogP contribution in [0.5, 0.6) is 0 Å². The van der Waals surface area contributed by atoms with E-state index in [1.54, 1.807) is 17.9 Å². The van der Waals surface area contributed by atoms with Gasteiger partial charge >= 0.3 is 5.97 Å². The number of aliphatic hydroxyl groups is 1. The third kappa shape index (κ3) is 3.06. The molecule has 8 heteroatoms. The number of amides is 2. The van der Waals surface area contributed by atoms with Crippen LogP contribution in [-0.2, 0) is 23.9 Å². The first-order chi connectivity index (χ1) is 14.9. The molecular weight excluding hydrogens is 400 g/mol. The fourth-order valence-electron chi connectivity index (χ4n) is 5.69. The van der Waals surface area contributed by atoms with Crippen LogP contribution >= 0.6 is 0 Å². The number of cyclic esters (lactones) is 1. The van der Waals surface area contributed by atoms with Gasteiger partial charge in [-0.3, -0.25) is 14.4 Å². The van der Waals surface area contributed by atoms with Crippen LogP contribution in [0.4, 0.5) is 0 Å². The first kappa shape index (κ1) is 22.0. The zero-order valence-corrected chi connectivity index (χ0v) is 18.5. The Labute approximate surface area is 182 Å². The molecule has 8 nitrogen and oxygen atoms in total. The normalized spacial score (nSPS) is 37.8. The van der Waals surface area contributed by atoms with Gasteiger partial charge in [0, 0.05) is 13.1 Å². The zero-order valence-electron chi connectivity index (χ0n) is 18.5. The van der Waals surface area contributed by atoms with Crippen molar-refractivity contribution in [3.05, 3.63) is 24.3 Å². The van der Waals surface area contributed by atoms with Crippen LogP contribution in [0.3, 0.4) is 0 Å². The summed E-state index contributed by atoms with van der Waals surface area (Å²) in [6, 6.07) is -1.51. The van der Waals surface area contributed by atoms with E-state index in [0.717, 1.165) is 12.8 Å². The summed E-state index contributed by atoms with van der Waals surface area (Å²) < 4.78 is 12.1. The molecule has 0 aromatic rings. The molecule has 31 heavy (non-hydrogen) atoms. The third-order valence-electron chi connectivity index (χ3n) is 7.24. The minimum Gasteiger partial charge on any atom is -0.461 e. The lowest BCUT2D eigenvalue weighted by Crippen LogP contribution is -2.58. The Hall–Kier alpha value is -2.19. The molecule has 170 valence electrons. The van der Waals surface area contributed by atoms with Gasteiger partial charge in [-0.1, -0.05) is 38.5 Å². The van der Waals surface area contributed by atoms with Crippen molar-refractivity contribution in [2.45, 2.75) is 63.3 Å². The molecule has 0 aromatic heterocycles. The summed E-state index contributed by atoms with van der Waals surface area (Å²) in [6.45, 7) is 6.54. The molecular formula is C23H32N2O6. The van der Waals surface area contributed by atoms with Crippen molar-refractivity contribution >= 4 is 17.8 Å². The van der Waals surface area contributed by atoms with Crippen molar-refractivity contribution in [2.24, 2.45) is 11.8 Å². The van der Waals surface area contributed by atoms with E-state index in [9.17, 15) is 19.5 Å². The first-order valence-corrected chi connectivity index (χ1v) is 11.3. The number of nitrogens with zero attached hydrogens (tertiary/aromatic N) is 2. The second kappa shape index (κ2) is 8.06. The molecule has 2 saturated heterocycles. The minimum atomic E-state index is -1.28. The maximum atomic E-state index is 13.8. The van der Waals surface area contributed by atoms with Crippen LogP contribution < -0.4 is 0 Å². The second-order valence-corrected chi connectivity index (χ2v) is 8.97. The molecule has 0 radical (unpaired) electrons. The first-order valence-electron chi connectivity index (χ1n) is 11.3. The van der Waals surface area contributed by atoms with Gasteiger partial charge in [0.25, 0.3) is 0 Å². The Balaban J connectivity index is 1.87. The monoisotopic (exact) mass is 432 g/mol. The van der Waals surface area contributed by atoms with Gasteiger partial charge < -0.3 is 24.4 Å². The molecule has 1 N–H and O–H groups in total. The van der Waals surface area contributed by atoms with Crippen molar-refractivity contribution < 1.29 is 29.0 Å². The fourth-order valence-corrected chi connectivity index (χ4v) is 5.69. The summed E-state index contributed by atoms with van der Waals surface area (Å²) in [5.74, 6) is -2.74. The number of ether oxygens (including phenoxy) is 2. The molecule has 0 bridgehead atoms. The minimum absolute atomic E-state index is 0.133. The Morgan fingerprint density at radius 2 is 1.94 bits per heavy atom. The summed E-state index contributed by atoms with van der Waals surface area (Å²) in [7, 11) is 0. The Bertz CT molecular complexity index is 825. The van der Waals surface area contributed by atoms with Gasteiger partial charge in [0.05, 0.1) is 18.6 Å².